The summed E-state index contributed by atoms with van der Waals surface area (Å²) in [5.74, 6) is 0.344. The van der Waals surface area contributed by atoms with Crippen LogP contribution in [-0.2, 0) is 0 Å². The van der Waals surface area contributed by atoms with Gasteiger partial charge in [0, 0.05) is 16.7 Å². The molecule has 0 spiro atoms. The summed E-state index contributed by atoms with van der Waals surface area (Å²) < 4.78 is 0. The first-order chi connectivity index (χ1) is 8.27. The zero-order valence-electron chi connectivity index (χ0n) is 9.43. The summed E-state index contributed by atoms with van der Waals surface area (Å²) in [7, 11) is 0. The minimum absolute atomic E-state index is 0.140. The van der Waals surface area contributed by atoms with Crippen LogP contribution < -0.4 is 5.32 Å². The van der Waals surface area contributed by atoms with Gasteiger partial charge in [-0.25, -0.2) is 0 Å². The molecule has 3 rings (SSSR count). The van der Waals surface area contributed by atoms with Crippen molar-refractivity contribution in [2.24, 2.45) is 0 Å². The van der Waals surface area contributed by atoms with Crippen molar-refractivity contribution in [3.05, 3.63) is 42.0 Å². The lowest BCUT2D eigenvalue weighted by Gasteiger charge is -2.33. The highest BCUT2D eigenvalue weighted by Crippen LogP contribution is 2.37. The number of nitrogens with one attached hydrogen (secondary N) is 1. The summed E-state index contributed by atoms with van der Waals surface area (Å²) in [6, 6.07) is 12.2. The molecule has 1 aliphatic rings. The van der Waals surface area contributed by atoms with Crippen molar-refractivity contribution in [3.63, 3.8) is 0 Å². The summed E-state index contributed by atoms with van der Waals surface area (Å²) in [6.07, 6.45) is 1.15. The number of thiol groups is 1. The fourth-order valence-corrected chi connectivity index (χ4v) is 2.86. The Kier molecular flexibility index (Phi) is 2.73. The smallest absolute Gasteiger partial charge is 0.123 e. The molecule has 3 heteroatoms. The van der Waals surface area contributed by atoms with Crippen molar-refractivity contribution in [1.82, 2.24) is 5.32 Å². The molecule has 2 aromatic rings. The normalized spacial score (nSPS) is 21.1. The zero-order valence-corrected chi connectivity index (χ0v) is 10.3. The van der Waals surface area contributed by atoms with Gasteiger partial charge in [-0.15, -0.1) is 0 Å². The molecule has 0 aliphatic carbocycles. The van der Waals surface area contributed by atoms with Gasteiger partial charge in [0.25, 0.3) is 0 Å². The van der Waals surface area contributed by atoms with Crippen LogP contribution in [0.2, 0.25) is 0 Å². The molecule has 1 saturated heterocycles. The van der Waals surface area contributed by atoms with Crippen molar-refractivity contribution in [2.45, 2.75) is 17.7 Å². The fraction of sp³-hybridized carbons (Fsp3) is 0.286. The predicted octanol–water partition coefficient (Wildman–Crippen LogP) is 2.88. The van der Waals surface area contributed by atoms with Crippen molar-refractivity contribution in [2.75, 3.05) is 6.54 Å². The van der Waals surface area contributed by atoms with Gasteiger partial charge in [-0.3, -0.25) is 0 Å². The predicted molar refractivity (Wildman–Crippen MR) is 73.7 cm³/mol. The molecule has 1 fully saturated rings. The number of hydrogen-bond acceptors (Lipinski definition) is 3. The van der Waals surface area contributed by atoms with Gasteiger partial charge >= 0.3 is 0 Å². The van der Waals surface area contributed by atoms with E-state index < -0.39 is 0 Å². The number of benzene rings is 2. The number of fused-ring (bicyclic) bond motifs is 1. The van der Waals surface area contributed by atoms with Crippen LogP contribution in [0.25, 0.3) is 10.8 Å². The van der Waals surface area contributed by atoms with Crippen molar-refractivity contribution < 1.29 is 5.11 Å². The van der Waals surface area contributed by atoms with Gasteiger partial charge in [-0.2, -0.15) is 12.6 Å². The summed E-state index contributed by atoms with van der Waals surface area (Å²) in [6.45, 7) is 1.07. The summed E-state index contributed by atoms with van der Waals surface area (Å²) >= 11 is 4.70. The minimum atomic E-state index is 0.140. The maximum absolute atomic E-state index is 10.0. The van der Waals surface area contributed by atoms with E-state index in [-0.39, 0.29) is 5.25 Å². The molecule has 0 bridgehead atoms. The molecule has 1 unspecified atom stereocenters. The number of phenolic OH excluding ortho intramolecular Hbond substituents is 1. The molecule has 0 aromatic heterocycles. The first-order valence-corrected chi connectivity index (χ1v) is 6.41. The van der Waals surface area contributed by atoms with E-state index in [1.807, 2.05) is 24.3 Å². The van der Waals surface area contributed by atoms with Gasteiger partial charge in [0.1, 0.15) is 5.75 Å². The highest BCUT2D eigenvalue weighted by atomic mass is 32.1. The van der Waals surface area contributed by atoms with Gasteiger partial charge in [-0.05, 0) is 30.0 Å². The Labute approximate surface area is 106 Å². The number of aromatic hydroxyl groups is 1. The molecule has 17 heavy (non-hydrogen) atoms. The molecule has 2 atom stereocenters. The SMILES string of the molecule is Oc1cccc2cccc(C(S)[C@H]3CCN3)c12. The Morgan fingerprint density at radius 3 is 2.59 bits per heavy atom. The molecule has 2 aromatic carbocycles. The summed E-state index contributed by atoms with van der Waals surface area (Å²) in [5, 5.41) is 15.5. The van der Waals surface area contributed by atoms with Crippen LogP contribution in [0.3, 0.4) is 0 Å². The van der Waals surface area contributed by atoms with Crippen LogP contribution in [0.5, 0.6) is 5.75 Å². The molecule has 2 nitrogen and oxygen atoms in total. The van der Waals surface area contributed by atoms with E-state index in [2.05, 4.69) is 11.4 Å². The Morgan fingerprint density at radius 2 is 1.94 bits per heavy atom. The van der Waals surface area contributed by atoms with Crippen LogP contribution in [0.4, 0.5) is 0 Å². The first-order valence-electron chi connectivity index (χ1n) is 5.89. The summed E-state index contributed by atoms with van der Waals surface area (Å²) in [4.78, 5) is 0. The largest absolute Gasteiger partial charge is 0.507 e. The Bertz CT molecular complexity index is 546. The minimum Gasteiger partial charge on any atom is -0.507 e. The molecule has 1 aliphatic heterocycles. The fourth-order valence-electron chi connectivity index (χ4n) is 2.39. The van der Waals surface area contributed by atoms with Crippen LogP contribution in [-0.4, -0.2) is 17.7 Å². The highest BCUT2D eigenvalue weighted by Gasteiger charge is 2.26. The van der Waals surface area contributed by atoms with Crippen LogP contribution in [0, 0.1) is 0 Å². The lowest BCUT2D eigenvalue weighted by atomic mass is 9.93. The zero-order chi connectivity index (χ0) is 11.8. The van der Waals surface area contributed by atoms with Gasteiger partial charge in [0.15, 0.2) is 0 Å². The lowest BCUT2D eigenvalue weighted by Crippen LogP contribution is -2.45. The molecule has 0 saturated carbocycles. The first kappa shape index (κ1) is 10.9. The molecular weight excluding hydrogens is 230 g/mol. The number of hydrogen-bond donors (Lipinski definition) is 3. The topological polar surface area (TPSA) is 32.3 Å². The van der Waals surface area contributed by atoms with E-state index in [1.165, 1.54) is 0 Å². The van der Waals surface area contributed by atoms with E-state index in [9.17, 15) is 5.11 Å². The molecule has 88 valence electrons. The molecular formula is C14H15NOS. The quantitative estimate of drug-likeness (QED) is 0.711. The third-order valence-electron chi connectivity index (χ3n) is 3.48. The molecule has 0 amide bonds. The van der Waals surface area contributed by atoms with E-state index in [1.54, 1.807) is 6.07 Å². The third kappa shape index (κ3) is 1.79. The Balaban J connectivity index is 2.14. The van der Waals surface area contributed by atoms with Crippen molar-refractivity contribution in [3.8, 4) is 5.75 Å². The molecule has 1 heterocycles. The van der Waals surface area contributed by atoms with Gasteiger partial charge in [-0.1, -0.05) is 30.3 Å². The van der Waals surface area contributed by atoms with Crippen LogP contribution >= 0.6 is 12.6 Å². The van der Waals surface area contributed by atoms with Crippen LogP contribution in [0.1, 0.15) is 17.2 Å². The maximum Gasteiger partial charge on any atom is 0.123 e. The number of phenols is 1. The third-order valence-corrected chi connectivity index (χ3v) is 4.11. The van der Waals surface area contributed by atoms with Gasteiger partial charge in [0.05, 0.1) is 0 Å². The van der Waals surface area contributed by atoms with Crippen LogP contribution in [0.15, 0.2) is 36.4 Å². The second-order valence-electron chi connectivity index (χ2n) is 4.52. The van der Waals surface area contributed by atoms with E-state index >= 15 is 0 Å². The second-order valence-corrected chi connectivity index (χ2v) is 5.07. The monoisotopic (exact) mass is 245 g/mol. The van der Waals surface area contributed by atoms with Gasteiger partial charge in [0.2, 0.25) is 0 Å². The highest BCUT2D eigenvalue weighted by molar-refractivity contribution is 7.80. The van der Waals surface area contributed by atoms with E-state index in [4.69, 9.17) is 12.6 Å². The lowest BCUT2D eigenvalue weighted by molar-refractivity contribution is 0.365. The summed E-state index contributed by atoms with van der Waals surface area (Å²) in [5.41, 5.74) is 1.11. The van der Waals surface area contributed by atoms with E-state index in [0.29, 0.717) is 11.8 Å². The Hall–Kier alpha value is -1.19. The van der Waals surface area contributed by atoms with Crippen molar-refractivity contribution >= 4 is 23.4 Å². The standard InChI is InChI=1S/C14H15NOS/c16-12-6-2-4-9-3-1-5-10(13(9)12)14(17)11-7-8-15-11/h1-6,11,14-17H,7-8H2/t11-,14?/m1/s1. The molecule has 2 N–H and O–H groups in total. The maximum atomic E-state index is 10.0. The average molecular weight is 245 g/mol. The Morgan fingerprint density at radius 1 is 1.24 bits per heavy atom. The molecule has 0 radical (unpaired) electrons. The average Bonchev–Trinajstić information content (AvgIpc) is 2.26. The van der Waals surface area contributed by atoms with Crippen molar-refractivity contribution in [1.29, 1.82) is 0 Å². The second kappa shape index (κ2) is 4.24. The van der Waals surface area contributed by atoms with Gasteiger partial charge < -0.3 is 10.4 Å². The van der Waals surface area contributed by atoms with E-state index in [0.717, 1.165) is 29.3 Å². The number of rotatable bonds is 2.